The largest absolute Gasteiger partial charge is 0.343 e. The first kappa shape index (κ1) is 21.2. The van der Waals surface area contributed by atoms with Crippen molar-refractivity contribution in [1.82, 2.24) is 0 Å². The van der Waals surface area contributed by atoms with E-state index >= 15 is 0 Å². The summed E-state index contributed by atoms with van der Waals surface area (Å²) in [6.45, 7) is 0. The van der Waals surface area contributed by atoms with E-state index in [1.807, 2.05) is 11.3 Å². The Labute approximate surface area is 202 Å². The molecule has 1 aromatic heterocycles. The minimum absolute atomic E-state index is 0.740. The molecule has 1 heterocycles. The van der Waals surface area contributed by atoms with Crippen LogP contribution in [-0.2, 0) is 0 Å². The highest BCUT2D eigenvalue weighted by atomic mass is 32.1. The first-order valence-corrected chi connectivity index (χ1v) is 13.9. The molecular weight excluding hydrogens is 418 g/mol. The van der Waals surface area contributed by atoms with Crippen LogP contribution in [0.1, 0.15) is 87.2 Å². The maximum atomic E-state index is 2.40. The number of thiophene rings is 1. The molecule has 2 heteroatoms. The van der Waals surface area contributed by atoms with E-state index in [2.05, 4.69) is 72.6 Å². The highest BCUT2D eigenvalue weighted by Gasteiger charge is 2.21. The molecule has 6 rings (SSSR count). The van der Waals surface area contributed by atoms with Gasteiger partial charge in [0.2, 0.25) is 0 Å². The lowest BCUT2D eigenvalue weighted by Gasteiger charge is -2.24. The van der Waals surface area contributed by atoms with Crippen LogP contribution in [0, 0.1) is 0 Å². The molecule has 1 nitrogen and oxygen atoms in total. The van der Waals surface area contributed by atoms with Crippen molar-refractivity contribution in [2.24, 2.45) is 0 Å². The van der Waals surface area contributed by atoms with Gasteiger partial charge in [0, 0.05) is 28.2 Å². The molecule has 0 spiro atoms. The molecule has 170 valence electrons. The lowest BCUT2D eigenvalue weighted by atomic mass is 9.84. The maximum Gasteiger partial charge on any atom is 0.0592 e. The molecule has 0 amide bonds. The van der Waals surface area contributed by atoms with Gasteiger partial charge in [-0.25, -0.2) is 0 Å². The molecule has 2 saturated carbocycles. The monoisotopic (exact) mass is 453 g/mol. The highest BCUT2D eigenvalue weighted by Crippen LogP contribution is 2.45. The quantitative estimate of drug-likeness (QED) is 0.297. The van der Waals surface area contributed by atoms with Crippen molar-refractivity contribution in [1.29, 1.82) is 0 Å². The van der Waals surface area contributed by atoms with Crippen LogP contribution < -0.4 is 4.90 Å². The van der Waals surface area contributed by atoms with E-state index in [1.54, 1.807) is 5.56 Å². The van der Waals surface area contributed by atoms with Crippen molar-refractivity contribution in [3.05, 3.63) is 71.8 Å². The summed E-state index contributed by atoms with van der Waals surface area (Å²) in [6, 6.07) is 23.3. The molecule has 2 aliphatic rings. The number of nitrogens with zero attached hydrogens (tertiary/aromatic N) is 1. The number of benzene rings is 3. The molecule has 2 aliphatic carbocycles. The third-order valence-corrected chi connectivity index (χ3v) is 9.59. The molecule has 33 heavy (non-hydrogen) atoms. The van der Waals surface area contributed by atoms with E-state index in [1.165, 1.54) is 101 Å². The molecule has 2 fully saturated rings. The van der Waals surface area contributed by atoms with E-state index in [9.17, 15) is 0 Å². The van der Waals surface area contributed by atoms with E-state index < -0.39 is 0 Å². The highest BCUT2D eigenvalue weighted by molar-refractivity contribution is 7.26. The molecule has 0 unspecified atom stereocenters. The van der Waals surface area contributed by atoms with Gasteiger partial charge in [0.15, 0.2) is 0 Å². The average Bonchev–Trinajstić information content (AvgIpc) is 3.28. The maximum absolute atomic E-state index is 2.40. The normalized spacial score (nSPS) is 18.2. The Morgan fingerprint density at radius 3 is 1.94 bits per heavy atom. The predicted molar refractivity (Wildman–Crippen MR) is 145 cm³/mol. The molecule has 0 N–H and O–H groups in total. The second-order valence-electron chi connectivity index (χ2n) is 10.3. The molecular formula is C31H35NS. The third kappa shape index (κ3) is 3.97. The lowest BCUT2D eigenvalue weighted by Crippen LogP contribution is -2.10. The molecule has 0 saturated heterocycles. The van der Waals surface area contributed by atoms with Gasteiger partial charge in [-0.3, -0.25) is 0 Å². The van der Waals surface area contributed by atoms with Gasteiger partial charge in [0.25, 0.3) is 0 Å². The Morgan fingerprint density at radius 2 is 1.24 bits per heavy atom. The zero-order chi connectivity index (χ0) is 22.2. The van der Waals surface area contributed by atoms with Gasteiger partial charge in [-0.1, -0.05) is 81.0 Å². The van der Waals surface area contributed by atoms with Gasteiger partial charge in [-0.2, -0.15) is 0 Å². The number of rotatable bonds is 4. The zero-order valence-corrected chi connectivity index (χ0v) is 20.7. The summed E-state index contributed by atoms with van der Waals surface area (Å²) in [7, 11) is 2.23. The van der Waals surface area contributed by atoms with E-state index in [0.29, 0.717) is 0 Å². The SMILES string of the molecule is CN(c1ccc(C2CCCCC2)cc1)c1cccc2c1sc1c(C3CCCCC3)cccc12. The number of fused-ring (bicyclic) bond motifs is 3. The molecule has 4 aromatic rings. The standard InChI is InChI=1S/C31H35NS/c1-32(25-20-18-23(19-21-25)22-10-4-2-5-11-22)29-17-9-16-28-27-15-8-14-26(30(27)33-31(28)29)24-12-6-3-7-13-24/h8-9,14-22,24H,2-7,10-13H2,1H3. The van der Waals surface area contributed by atoms with Crippen LogP contribution in [0.3, 0.4) is 0 Å². The Morgan fingerprint density at radius 1 is 0.636 bits per heavy atom. The second kappa shape index (κ2) is 9.14. The third-order valence-electron chi connectivity index (χ3n) is 8.30. The Bertz CT molecular complexity index is 1240. The second-order valence-corrected chi connectivity index (χ2v) is 11.3. The van der Waals surface area contributed by atoms with Crippen LogP contribution in [0.25, 0.3) is 20.2 Å². The molecule has 0 aliphatic heterocycles. The van der Waals surface area contributed by atoms with Gasteiger partial charge < -0.3 is 4.90 Å². The fourth-order valence-electron chi connectivity index (χ4n) is 6.37. The molecule has 0 radical (unpaired) electrons. The summed E-state index contributed by atoms with van der Waals surface area (Å²) in [4.78, 5) is 2.39. The van der Waals surface area contributed by atoms with Crippen molar-refractivity contribution in [3.8, 4) is 0 Å². The van der Waals surface area contributed by atoms with Crippen molar-refractivity contribution in [3.63, 3.8) is 0 Å². The fraction of sp³-hybridized carbons (Fsp3) is 0.419. The average molecular weight is 454 g/mol. The summed E-state index contributed by atoms with van der Waals surface area (Å²) in [5.41, 5.74) is 5.74. The van der Waals surface area contributed by atoms with Gasteiger partial charge in [0.05, 0.1) is 10.4 Å². The van der Waals surface area contributed by atoms with Crippen molar-refractivity contribution in [2.75, 3.05) is 11.9 Å². The predicted octanol–water partition coefficient (Wildman–Crippen LogP) is 9.92. The summed E-state index contributed by atoms with van der Waals surface area (Å²) in [5, 5.41) is 2.86. The first-order chi connectivity index (χ1) is 16.3. The number of anilines is 2. The number of hydrogen-bond acceptors (Lipinski definition) is 2. The number of hydrogen-bond donors (Lipinski definition) is 0. The van der Waals surface area contributed by atoms with Crippen molar-refractivity contribution in [2.45, 2.75) is 76.0 Å². The Hall–Kier alpha value is -2.32. The van der Waals surface area contributed by atoms with Crippen LogP contribution in [0.2, 0.25) is 0 Å². The Kier molecular flexibility index (Phi) is 5.88. The molecule has 3 aromatic carbocycles. The van der Waals surface area contributed by atoms with Crippen molar-refractivity contribution >= 4 is 42.9 Å². The summed E-state index contributed by atoms with van der Waals surface area (Å²) < 4.78 is 2.95. The fourth-order valence-corrected chi connectivity index (χ4v) is 7.81. The summed E-state index contributed by atoms with van der Waals surface area (Å²) >= 11 is 2.02. The molecule has 0 atom stereocenters. The lowest BCUT2D eigenvalue weighted by molar-refractivity contribution is 0.443. The van der Waals surface area contributed by atoms with E-state index in [-0.39, 0.29) is 0 Å². The zero-order valence-electron chi connectivity index (χ0n) is 19.9. The smallest absolute Gasteiger partial charge is 0.0592 e. The summed E-state index contributed by atoms with van der Waals surface area (Å²) in [6.07, 6.45) is 13.8. The van der Waals surface area contributed by atoms with Gasteiger partial charge >= 0.3 is 0 Å². The van der Waals surface area contributed by atoms with Crippen molar-refractivity contribution < 1.29 is 0 Å². The minimum Gasteiger partial charge on any atom is -0.343 e. The first-order valence-electron chi connectivity index (χ1n) is 13.1. The molecule has 0 bridgehead atoms. The van der Waals surface area contributed by atoms with Crippen LogP contribution in [0.4, 0.5) is 11.4 Å². The van der Waals surface area contributed by atoms with Crippen LogP contribution in [-0.4, -0.2) is 7.05 Å². The minimum atomic E-state index is 0.740. The Balaban J connectivity index is 1.37. The van der Waals surface area contributed by atoms with Crippen LogP contribution in [0.5, 0.6) is 0 Å². The van der Waals surface area contributed by atoms with Crippen LogP contribution in [0.15, 0.2) is 60.7 Å². The van der Waals surface area contributed by atoms with Gasteiger partial charge in [-0.05, 0) is 66.8 Å². The van der Waals surface area contributed by atoms with Crippen LogP contribution >= 0.6 is 11.3 Å². The van der Waals surface area contributed by atoms with Gasteiger partial charge in [0.1, 0.15) is 0 Å². The summed E-state index contributed by atoms with van der Waals surface area (Å²) in [5.74, 6) is 1.51. The topological polar surface area (TPSA) is 3.24 Å². The van der Waals surface area contributed by atoms with E-state index in [4.69, 9.17) is 0 Å². The van der Waals surface area contributed by atoms with Gasteiger partial charge in [-0.15, -0.1) is 11.3 Å². The van der Waals surface area contributed by atoms with E-state index in [0.717, 1.165) is 11.8 Å².